The van der Waals surface area contributed by atoms with Crippen molar-refractivity contribution < 1.29 is 64.3 Å². The van der Waals surface area contributed by atoms with Crippen molar-refractivity contribution >= 4 is 12.4 Å². The van der Waals surface area contributed by atoms with E-state index < -0.39 is 12.4 Å². The quantitative estimate of drug-likeness (QED) is 0.626. The molecule has 0 aliphatic carbocycles. The van der Waals surface area contributed by atoms with Crippen LogP contribution >= 0.6 is 0 Å². The summed E-state index contributed by atoms with van der Waals surface area (Å²) < 4.78 is 37.9. The fraction of sp³-hybridized carbons (Fsp3) is 0.500. The Bertz CT molecular complexity index is 406. The van der Waals surface area contributed by atoms with Crippen molar-refractivity contribution in [2.45, 2.75) is 6.54 Å². The first-order valence-electron chi connectivity index (χ1n) is 6.15. The number of halogens is 3. The van der Waals surface area contributed by atoms with Gasteiger partial charge in [0.25, 0.3) is 0 Å². The first-order valence-corrected chi connectivity index (χ1v) is 6.15. The minimum Gasteiger partial charge on any atom is -0.445 e. The molecule has 1 aromatic rings. The summed E-state index contributed by atoms with van der Waals surface area (Å²) in [5, 5.41) is 0. The molecule has 7 heteroatoms. The molecular weight excluding hydrogens is 279 g/mol. The number of hydrogen-bond acceptors (Lipinski definition) is 2. The molecule has 1 aromatic carbocycles. The number of hydrogen-bond donors (Lipinski definition) is 0. The summed E-state index contributed by atoms with van der Waals surface area (Å²) in [6.45, 7) is -0.505. The first-order chi connectivity index (χ1) is 8.45. The first kappa shape index (κ1) is 17.7. The number of nitrogens with zero attached hydrogens (tertiary/aromatic N) is 2. The van der Waals surface area contributed by atoms with Gasteiger partial charge in [-0.2, -0.15) is 0 Å². The number of rotatable bonds is 3. The molecular formula is C12H17BF3KN2. The van der Waals surface area contributed by atoms with Crippen LogP contribution in [-0.2, 0) is 6.54 Å². The van der Waals surface area contributed by atoms with E-state index in [0.717, 1.165) is 37.8 Å². The van der Waals surface area contributed by atoms with Crippen LogP contribution in [0.1, 0.15) is 5.56 Å². The van der Waals surface area contributed by atoms with E-state index in [2.05, 4.69) is 16.8 Å². The average molecular weight is 296 g/mol. The largest absolute Gasteiger partial charge is 1.00 e. The number of benzene rings is 1. The zero-order valence-corrected chi connectivity index (χ0v) is 14.6. The van der Waals surface area contributed by atoms with E-state index in [0.29, 0.717) is 6.54 Å². The van der Waals surface area contributed by atoms with E-state index >= 15 is 0 Å². The maximum atomic E-state index is 12.6. The van der Waals surface area contributed by atoms with Crippen LogP contribution in [0, 0.1) is 0 Å². The predicted octanol–water partition coefficient (Wildman–Crippen LogP) is -1.51. The molecule has 1 heterocycles. The Morgan fingerprint density at radius 1 is 1.11 bits per heavy atom. The molecule has 0 atom stereocenters. The van der Waals surface area contributed by atoms with Gasteiger partial charge in [0.05, 0.1) is 0 Å². The van der Waals surface area contributed by atoms with Crippen molar-refractivity contribution in [1.29, 1.82) is 0 Å². The van der Waals surface area contributed by atoms with Crippen LogP contribution in [0.2, 0.25) is 0 Å². The summed E-state index contributed by atoms with van der Waals surface area (Å²) in [7, 11) is 2.06. The zero-order valence-electron chi connectivity index (χ0n) is 11.5. The molecule has 0 N–H and O–H groups in total. The molecule has 1 saturated heterocycles. The zero-order chi connectivity index (χ0) is 13.2. The number of piperazine rings is 1. The molecule has 2 rings (SSSR count). The van der Waals surface area contributed by atoms with Gasteiger partial charge in [-0.3, -0.25) is 4.90 Å². The van der Waals surface area contributed by atoms with E-state index in [-0.39, 0.29) is 51.4 Å². The maximum Gasteiger partial charge on any atom is 1.00 e. The summed E-state index contributed by atoms with van der Waals surface area (Å²) in [4.78, 5) is 4.42. The molecule has 0 aromatic heterocycles. The standard InChI is InChI=1S/C12H17BF3N2.K/c1-17-5-7-18(8-6-17)10-11-3-2-4-12(9-11)13(14,15)16;/h2-4,9H,5-8,10H2,1H3;/q-1;+1. The van der Waals surface area contributed by atoms with Crippen LogP contribution in [0.3, 0.4) is 0 Å². The van der Waals surface area contributed by atoms with Gasteiger partial charge in [-0.15, -0.1) is 5.46 Å². The Morgan fingerprint density at radius 3 is 2.32 bits per heavy atom. The fourth-order valence-corrected chi connectivity index (χ4v) is 2.16. The van der Waals surface area contributed by atoms with Gasteiger partial charge >= 0.3 is 58.4 Å². The third-order valence-corrected chi connectivity index (χ3v) is 3.33. The van der Waals surface area contributed by atoms with Crippen LogP contribution in [-0.4, -0.2) is 50.0 Å². The summed E-state index contributed by atoms with van der Waals surface area (Å²) in [5.41, 5.74) is 0.248. The van der Waals surface area contributed by atoms with Crippen LogP contribution in [0.15, 0.2) is 24.3 Å². The van der Waals surface area contributed by atoms with Gasteiger partial charge in [-0.1, -0.05) is 24.3 Å². The molecule has 100 valence electrons. The Labute approximate surface area is 154 Å². The molecule has 0 amide bonds. The van der Waals surface area contributed by atoms with Gasteiger partial charge in [-0.05, 0) is 12.6 Å². The molecule has 1 aliphatic rings. The van der Waals surface area contributed by atoms with E-state index in [9.17, 15) is 12.9 Å². The van der Waals surface area contributed by atoms with E-state index in [1.54, 1.807) is 6.07 Å². The Balaban J connectivity index is 0.00000180. The molecule has 0 saturated carbocycles. The van der Waals surface area contributed by atoms with Crippen molar-refractivity contribution in [3.63, 3.8) is 0 Å². The summed E-state index contributed by atoms with van der Waals surface area (Å²) in [6.07, 6.45) is 0. The van der Waals surface area contributed by atoms with Crippen molar-refractivity contribution in [3.05, 3.63) is 29.8 Å². The van der Waals surface area contributed by atoms with E-state index in [4.69, 9.17) is 0 Å². The van der Waals surface area contributed by atoms with Crippen molar-refractivity contribution in [1.82, 2.24) is 9.80 Å². The van der Waals surface area contributed by atoms with Crippen LogP contribution in [0.5, 0.6) is 0 Å². The van der Waals surface area contributed by atoms with E-state index in [1.165, 1.54) is 12.1 Å². The molecule has 2 nitrogen and oxygen atoms in total. The van der Waals surface area contributed by atoms with Crippen molar-refractivity contribution in [2.24, 2.45) is 0 Å². The third-order valence-electron chi connectivity index (χ3n) is 3.33. The minimum atomic E-state index is -4.89. The second kappa shape index (κ2) is 7.59. The Hall–Kier alpha value is 0.631. The summed E-state index contributed by atoms with van der Waals surface area (Å²) in [5.74, 6) is 0. The van der Waals surface area contributed by atoms with Crippen LogP contribution in [0.4, 0.5) is 12.9 Å². The minimum absolute atomic E-state index is 0. The summed E-state index contributed by atoms with van der Waals surface area (Å²) >= 11 is 0. The molecule has 0 bridgehead atoms. The normalized spacial score (nSPS) is 18.1. The molecule has 1 aliphatic heterocycles. The van der Waals surface area contributed by atoms with Gasteiger partial charge in [-0.25, -0.2) is 0 Å². The van der Waals surface area contributed by atoms with Gasteiger partial charge in [0.1, 0.15) is 0 Å². The molecule has 19 heavy (non-hydrogen) atoms. The SMILES string of the molecule is CN1CCN(Cc2cccc([B-](F)(F)F)c2)CC1.[K+]. The monoisotopic (exact) mass is 296 g/mol. The molecule has 0 unspecified atom stereocenters. The topological polar surface area (TPSA) is 6.48 Å². The van der Waals surface area contributed by atoms with Gasteiger partial charge in [0.2, 0.25) is 0 Å². The smallest absolute Gasteiger partial charge is 0.445 e. The third kappa shape index (κ3) is 5.49. The van der Waals surface area contributed by atoms with Crippen molar-refractivity contribution in [2.75, 3.05) is 33.2 Å². The molecule has 0 spiro atoms. The van der Waals surface area contributed by atoms with Crippen LogP contribution in [0.25, 0.3) is 0 Å². The Morgan fingerprint density at radius 2 is 1.74 bits per heavy atom. The molecule has 0 radical (unpaired) electrons. The predicted molar refractivity (Wildman–Crippen MR) is 67.9 cm³/mol. The summed E-state index contributed by atoms with van der Waals surface area (Å²) in [6, 6.07) is 5.69. The maximum absolute atomic E-state index is 12.6. The Kier molecular flexibility index (Phi) is 7.06. The second-order valence-corrected chi connectivity index (χ2v) is 4.90. The average Bonchev–Trinajstić information content (AvgIpc) is 2.31. The van der Waals surface area contributed by atoms with Crippen molar-refractivity contribution in [3.8, 4) is 0 Å². The van der Waals surface area contributed by atoms with Gasteiger partial charge < -0.3 is 17.8 Å². The second-order valence-electron chi connectivity index (χ2n) is 4.90. The van der Waals surface area contributed by atoms with Crippen LogP contribution < -0.4 is 56.8 Å². The fourth-order valence-electron chi connectivity index (χ4n) is 2.16. The van der Waals surface area contributed by atoms with E-state index in [1.807, 2.05) is 0 Å². The van der Waals surface area contributed by atoms with Gasteiger partial charge in [0, 0.05) is 32.7 Å². The molecule has 1 fully saturated rings. The van der Waals surface area contributed by atoms with Gasteiger partial charge in [0.15, 0.2) is 0 Å². The number of likely N-dealkylation sites (N-methyl/N-ethyl adjacent to an activating group) is 1.